The molecule has 0 saturated carbocycles. The molecule has 2 saturated heterocycles. The van der Waals surface area contributed by atoms with E-state index in [9.17, 15) is 4.79 Å². The Balaban J connectivity index is 1.48. The van der Waals surface area contributed by atoms with Gasteiger partial charge in [0.15, 0.2) is 0 Å². The molecule has 21 heavy (non-hydrogen) atoms. The molecule has 1 aromatic carbocycles. The molecule has 4 heteroatoms. The van der Waals surface area contributed by atoms with Gasteiger partial charge < -0.3 is 14.4 Å². The number of benzene rings is 1. The van der Waals surface area contributed by atoms with E-state index in [0.717, 1.165) is 51.1 Å². The van der Waals surface area contributed by atoms with Crippen molar-refractivity contribution in [2.75, 3.05) is 19.7 Å². The number of piperidine rings is 1. The Bertz CT molecular complexity index is 471. The van der Waals surface area contributed by atoms with Gasteiger partial charge in [-0.1, -0.05) is 17.7 Å². The number of carbonyl (C=O) groups excluding carboxylic acids is 1. The fraction of sp³-hybridized carbons (Fsp3) is 0.588. The average Bonchev–Trinajstić information content (AvgIpc) is 3.04. The SMILES string of the molecule is Cc1ccc(OC2CCN(C(=O)[C@H]3CCCO3)CC2)cc1. The Morgan fingerprint density at radius 1 is 1.19 bits per heavy atom. The lowest BCUT2D eigenvalue weighted by molar-refractivity contribution is -0.142. The second-order valence-electron chi connectivity index (χ2n) is 5.96. The minimum absolute atomic E-state index is 0.168. The van der Waals surface area contributed by atoms with Crippen LogP contribution in [0.1, 0.15) is 31.2 Å². The van der Waals surface area contributed by atoms with Gasteiger partial charge in [0.25, 0.3) is 5.91 Å². The van der Waals surface area contributed by atoms with Crippen LogP contribution in [0.15, 0.2) is 24.3 Å². The summed E-state index contributed by atoms with van der Waals surface area (Å²) in [5.41, 5.74) is 1.24. The minimum Gasteiger partial charge on any atom is -0.490 e. The molecule has 2 aliphatic heterocycles. The molecule has 114 valence electrons. The van der Waals surface area contributed by atoms with Gasteiger partial charge >= 0.3 is 0 Å². The fourth-order valence-corrected chi connectivity index (χ4v) is 2.98. The molecule has 2 heterocycles. The summed E-state index contributed by atoms with van der Waals surface area (Å²) >= 11 is 0. The third-order valence-corrected chi connectivity index (χ3v) is 4.28. The largest absolute Gasteiger partial charge is 0.490 e. The van der Waals surface area contributed by atoms with Gasteiger partial charge in [0, 0.05) is 32.5 Å². The summed E-state index contributed by atoms with van der Waals surface area (Å²) in [5.74, 6) is 1.09. The first kappa shape index (κ1) is 14.4. The van der Waals surface area contributed by atoms with Crippen LogP contribution in [-0.2, 0) is 9.53 Å². The standard InChI is InChI=1S/C17H23NO3/c1-13-4-6-14(7-5-13)21-15-8-10-18(11-9-15)17(19)16-3-2-12-20-16/h4-7,15-16H,2-3,8-12H2,1H3/t16-/m1/s1. The Labute approximate surface area is 126 Å². The maximum absolute atomic E-state index is 12.3. The molecule has 1 atom stereocenters. The van der Waals surface area contributed by atoms with Crippen LogP contribution in [0.5, 0.6) is 5.75 Å². The zero-order valence-electron chi connectivity index (χ0n) is 12.6. The van der Waals surface area contributed by atoms with Crippen molar-refractivity contribution in [1.29, 1.82) is 0 Å². The summed E-state index contributed by atoms with van der Waals surface area (Å²) < 4.78 is 11.5. The third kappa shape index (κ3) is 3.56. The van der Waals surface area contributed by atoms with Crippen LogP contribution in [0.25, 0.3) is 0 Å². The van der Waals surface area contributed by atoms with Gasteiger partial charge in [-0.2, -0.15) is 0 Å². The molecule has 0 aromatic heterocycles. The normalized spacial score (nSPS) is 23.3. The van der Waals surface area contributed by atoms with E-state index in [2.05, 4.69) is 19.1 Å². The van der Waals surface area contributed by atoms with Crippen molar-refractivity contribution in [3.63, 3.8) is 0 Å². The van der Waals surface area contributed by atoms with Crippen LogP contribution in [0.2, 0.25) is 0 Å². The van der Waals surface area contributed by atoms with E-state index in [-0.39, 0.29) is 18.1 Å². The van der Waals surface area contributed by atoms with Gasteiger partial charge in [0.1, 0.15) is 18.0 Å². The maximum atomic E-state index is 12.3. The topological polar surface area (TPSA) is 38.8 Å². The summed E-state index contributed by atoms with van der Waals surface area (Å²) in [7, 11) is 0. The quantitative estimate of drug-likeness (QED) is 0.858. The van der Waals surface area contributed by atoms with Crippen molar-refractivity contribution in [2.45, 2.75) is 44.8 Å². The number of hydrogen-bond donors (Lipinski definition) is 0. The van der Waals surface area contributed by atoms with Gasteiger partial charge in [-0.05, 0) is 31.9 Å². The van der Waals surface area contributed by atoms with Crippen molar-refractivity contribution in [2.24, 2.45) is 0 Å². The van der Waals surface area contributed by atoms with Crippen LogP contribution in [0, 0.1) is 6.92 Å². The minimum atomic E-state index is -0.195. The van der Waals surface area contributed by atoms with Gasteiger partial charge in [-0.25, -0.2) is 0 Å². The van der Waals surface area contributed by atoms with E-state index in [1.807, 2.05) is 17.0 Å². The lowest BCUT2D eigenvalue weighted by atomic mass is 10.1. The van der Waals surface area contributed by atoms with Crippen molar-refractivity contribution in [3.8, 4) is 5.75 Å². The molecule has 0 unspecified atom stereocenters. The molecule has 2 aliphatic rings. The zero-order chi connectivity index (χ0) is 14.7. The van der Waals surface area contributed by atoms with E-state index < -0.39 is 0 Å². The van der Waals surface area contributed by atoms with Gasteiger partial charge in [0.2, 0.25) is 0 Å². The van der Waals surface area contributed by atoms with E-state index in [0.29, 0.717) is 0 Å². The summed E-state index contributed by atoms with van der Waals surface area (Å²) in [6.07, 6.45) is 3.68. The maximum Gasteiger partial charge on any atom is 0.251 e. The smallest absolute Gasteiger partial charge is 0.251 e. The Morgan fingerprint density at radius 2 is 1.90 bits per heavy atom. The molecule has 0 spiro atoms. The number of nitrogens with zero attached hydrogens (tertiary/aromatic N) is 1. The first-order chi connectivity index (χ1) is 10.2. The van der Waals surface area contributed by atoms with Crippen molar-refractivity contribution in [1.82, 2.24) is 4.90 Å². The Kier molecular flexibility index (Phi) is 4.44. The predicted molar refractivity (Wildman–Crippen MR) is 80.4 cm³/mol. The summed E-state index contributed by atoms with van der Waals surface area (Å²) in [6, 6.07) is 8.15. The van der Waals surface area contributed by atoms with Crippen molar-refractivity contribution >= 4 is 5.91 Å². The molecule has 4 nitrogen and oxygen atoms in total. The molecule has 0 aliphatic carbocycles. The molecule has 3 rings (SSSR count). The highest BCUT2D eigenvalue weighted by Gasteiger charge is 2.31. The highest BCUT2D eigenvalue weighted by atomic mass is 16.5. The average molecular weight is 289 g/mol. The van der Waals surface area contributed by atoms with Crippen LogP contribution >= 0.6 is 0 Å². The van der Waals surface area contributed by atoms with Crippen LogP contribution < -0.4 is 4.74 Å². The highest BCUT2D eigenvalue weighted by Crippen LogP contribution is 2.22. The fourth-order valence-electron chi connectivity index (χ4n) is 2.98. The molecule has 2 fully saturated rings. The molecular formula is C17H23NO3. The van der Waals surface area contributed by atoms with Gasteiger partial charge in [-0.15, -0.1) is 0 Å². The lowest BCUT2D eigenvalue weighted by Crippen LogP contribution is -2.45. The number of hydrogen-bond acceptors (Lipinski definition) is 3. The Hall–Kier alpha value is -1.55. The number of amides is 1. The molecular weight excluding hydrogens is 266 g/mol. The lowest BCUT2D eigenvalue weighted by Gasteiger charge is -2.33. The highest BCUT2D eigenvalue weighted by molar-refractivity contribution is 5.81. The molecule has 1 aromatic rings. The molecule has 1 amide bonds. The van der Waals surface area contributed by atoms with Gasteiger partial charge in [-0.3, -0.25) is 4.79 Å². The second-order valence-corrected chi connectivity index (χ2v) is 5.96. The summed E-state index contributed by atoms with van der Waals surface area (Å²) in [4.78, 5) is 14.2. The van der Waals surface area contributed by atoms with E-state index in [4.69, 9.17) is 9.47 Å². The molecule has 0 bridgehead atoms. The van der Waals surface area contributed by atoms with Crippen molar-refractivity contribution in [3.05, 3.63) is 29.8 Å². The Morgan fingerprint density at radius 3 is 2.52 bits per heavy atom. The first-order valence-electron chi connectivity index (χ1n) is 7.86. The third-order valence-electron chi connectivity index (χ3n) is 4.28. The van der Waals surface area contributed by atoms with Crippen LogP contribution in [0.3, 0.4) is 0 Å². The number of carbonyl (C=O) groups is 1. The van der Waals surface area contributed by atoms with Crippen molar-refractivity contribution < 1.29 is 14.3 Å². The van der Waals surface area contributed by atoms with E-state index in [1.165, 1.54) is 5.56 Å². The summed E-state index contributed by atoms with van der Waals surface area (Å²) in [5, 5.41) is 0. The van der Waals surface area contributed by atoms with Crippen LogP contribution in [0.4, 0.5) is 0 Å². The summed E-state index contributed by atoms with van der Waals surface area (Å²) in [6.45, 7) is 4.34. The monoisotopic (exact) mass is 289 g/mol. The number of rotatable bonds is 3. The second kappa shape index (κ2) is 6.48. The zero-order valence-corrected chi connectivity index (χ0v) is 12.6. The first-order valence-corrected chi connectivity index (χ1v) is 7.86. The number of likely N-dealkylation sites (tertiary alicyclic amines) is 1. The van der Waals surface area contributed by atoms with Gasteiger partial charge in [0.05, 0.1) is 0 Å². The number of aryl methyl sites for hydroxylation is 1. The van der Waals surface area contributed by atoms with E-state index in [1.54, 1.807) is 0 Å². The predicted octanol–water partition coefficient (Wildman–Crippen LogP) is 2.54. The van der Waals surface area contributed by atoms with Crippen LogP contribution in [-0.4, -0.2) is 42.7 Å². The number of ether oxygens (including phenoxy) is 2. The molecule has 0 N–H and O–H groups in total. The van der Waals surface area contributed by atoms with E-state index >= 15 is 0 Å². The molecule has 0 radical (unpaired) electrons.